The first kappa shape index (κ1) is 21.6. The average molecular weight is 446 g/mol. The molecule has 0 aliphatic carbocycles. The van der Waals surface area contributed by atoms with Crippen molar-refractivity contribution < 1.29 is 9.53 Å². The molecular formula is C25H23N3O3S. The summed E-state index contributed by atoms with van der Waals surface area (Å²) in [5.74, 6) is 0.462. The number of para-hydroxylation sites is 1. The van der Waals surface area contributed by atoms with E-state index in [4.69, 9.17) is 9.72 Å². The lowest BCUT2D eigenvalue weighted by molar-refractivity contribution is -0.115. The molecule has 4 aromatic rings. The van der Waals surface area contributed by atoms with Crippen LogP contribution in [0.15, 0.2) is 82.7 Å². The molecule has 0 bridgehead atoms. The smallest absolute Gasteiger partial charge is 0.266 e. The van der Waals surface area contributed by atoms with Gasteiger partial charge in [0.15, 0.2) is 5.16 Å². The molecule has 0 saturated heterocycles. The molecule has 1 atom stereocenters. The van der Waals surface area contributed by atoms with Crippen molar-refractivity contribution >= 4 is 34.3 Å². The number of rotatable bonds is 6. The highest BCUT2D eigenvalue weighted by Crippen LogP contribution is 2.27. The fourth-order valence-electron chi connectivity index (χ4n) is 3.35. The highest BCUT2D eigenvalue weighted by atomic mass is 32.2. The summed E-state index contributed by atoms with van der Waals surface area (Å²) in [5.41, 5.74) is 2.81. The van der Waals surface area contributed by atoms with Gasteiger partial charge < -0.3 is 10.1 Å². The van der Waals surface area contributed by atoms with Crippen LogP contribution in [-0.4, -0.2) is 27.8 Å². The average Bonchev–Trinajstić information content (AvgIpc) is 2.79. The number of fused-ring (bicyclic) bond motifs is 1. The van der Waals surface area contributed by atoms with Crippen molar-refractivity contribution in [3.05, 3.63) is 88.7 Å². The predicted octanol–water partition coefficient (Wildman–Crippen LogP) is 4.82. The largest absolute Gasteiger partial charge is 0.497 e. The third kappa shape index (κ3) is 4.53. The minimum atomic E-state index is -0.486. The number of carbonyl (C=O) groups excluding carboxylic acids is 1. The van der Waals surface area contributed by atoms with Gasteiger partial charge in [0.1, 0.15) is 5.75 Å². The highest BCUT2D eigenvalue weighted by molar-refractivity contribution is 8.00. The molecule has 1 unspecified atom stereocenters. The first-order chi connectivity index (χ1) is 15.5. The second-order valence-electron chi connectivity index (χ2n) is 7.37. The molecular weight excluding hydrogens is 422 g/mol. The van der Waals surface area contributed by atoms with Gasteiger partial charge in [0.2, 0.25) is 5.91 Å². The number of methoxy groups -OCH3 is 1. The molecule has 3 aromatic carbocycles. The number of hydrogen-bond donors (Lipinski definition) is 1. The van der Waals surface area contributed by atoms with Crippen LogP contribution in [-0.2, 0) is 4.79 Å². The Kier molecular flexibility index (Phi) is 6.28. The topological polar surface area (TPSA) is 73.2 Å². The van der Waals surface area contributed by atoms with Gasteiger partial charge in [0.05, 0.1) is 29.0 Å². The summed E-state index contributed by atoms with van der Waals surface area (Å²) < 4.78 is 6.87. The van der Waals surface area contributed by atoms with Gasteiger partial charge in [-0.2, -0.15) is 0 Å². The van der Waals surface area contributed by atoms with Gasteiger partial charge in [0.25, 0.3) is 5.56 Å². The Morgan fingerprint density at radius 3 is 2.62 bits per heavy atom. The maximum absolute atomic E-state index is 13.4. The fourth-order valence-corrected chi connectivity index (χ4v) is 4.27. The van der Waals surface area contributed by atoms with Gasteiger partial charge in [-0.25, -0.2) is 4.98 Å². The van der Waals surface area contributed by atoms with Crippen molar-refractivity contribution in [2.45, 2.75) is 24.3 Å². The molecule has 1 amide bonds. The second kappa shape index (κ2) is 9.28. The summed E-state index contributed by atoms with van der Waals surface area (Å²) in [4.78, 5) is 31.0. The van der Waals surface area contributed by atoms with Crippen LogP contribution in [0, 0.1) is 6.92 Å². The molecule has 4 rings (SSSR count). The maximum Gasteiger partial charge on any atom is 0.266 e. The quantitative estimate of drug-likeness (QED) is 0.340. The van der Waals surface area contributed by atoms with Crippen molar-refractivity contribution in [2.24, 2.45) is 0 Å². The number of aryl methyl sites for hydroxylation is 1. The number of amides is 1. The van der Waals surface area contributed by atoms with E-state index in [0.717, 1.165) is 11.3 Å². The fraction of sp³-hybridized carbons (Fsp3) is 0.160. The summed E-state index contributed by atoms with van der Waals surface area (Å²) in [7, 11) is 1.58. The zero-order valence-corrected chi connectivity index (χ0v) is 18.8. The molecule has 162 valence electrons. The molecule has 0 saturated carbocycles. The van der Waals surface area contributed by atoms with Crippen molar-refractivity contribution in [2.75, 3.05) is 12.4 Å². The van der Waals surface area contributed by atoms with E-state index in [1.54, 1.807) is 32.2 Å². The molecule has 1 heterocycles. The van der Waals surface area contributed by atoms with Crippen LogP contribution in [0.5, 0.6) is 5.75 Å². The lowest BCUT2D eigenvalue weighted by Crippen LogP contribution is -2.26. The number of thioether (sulfide) groups is 1. The third-order valence-electron chi connectivity index (χ3n) is 4.99. The minimum Gasteiger partial charge on any atom is -0.497 e. The molecule has 0 fully saturated rings. The standard InChI is InChI=1S/C25H23N3O3S/c1-16-8-6-9-18(14-16)26-23(29)17(2)32-25-27-22-13-5-4-12-21(22)24(30)28(25)19-10-7-11-20(15-19)31-3/h4-15,17H,1-3H3,(H,26,29). The van der Waals surface area contributed by atoms with Gasteiger partial charge in [-0.3, -0.25) is 14.2 Å². The third-order valence-corrected chi connectivity index (χ3v) is 6.05. The lowest BCUT2D eigenvalue weighted by Gasteiger charge is -2.17. The molecule has 32 heavy (non-hydrogen) atoms. The van der Waals surface area contributed by atoms with E-state index < -0.39 is 5.25 Å². The number of ether oxygens (including phenoxy) is 1. The number of hydrogen-bond acceptors (Lipinski definition) is 5. The van der Waals surface area contributed by atoms with Crippen molar-refractivity contribution in [3.63, 3.8) is 0 Å². The molecule has 0 radical (unpaired) electrons. The molecule has 0 aliphatic heterocycles. The van der Waals surface area contributed by atoms with Gasteiger partial charge in [-0.1, -0.05) is 42.1 Å². The number of carbonyl (C=O) groups is 1. The monoisotopic (exact) mass is 445 g/mol. The zero-order chi connectivity index (χ0) is 22.7. The number of nitrogens with zero attached hydrogens (tertiary/aromatic N) is 2. The van der Waals surface area contributed by atoms with E-state index in [1.165, 1.54) is 16.3 Å². The number of benzene rings is 3. The van der Waals surface area contributed by atoms with Crippen LogP contribution in [0.25, 0.3) is 16.6 Å². The summed E-state index contributed by atoms with van der Waals surface area (Å²) in [6.45, 7) is 3.77. The summed E-state index contributed by atoms with van der Waals surface area (Å²) in [6, 6.07) is 22.1. The maximum atomic E-state index is 13.4. The van der Waals surface area contributed by atoms with Gasteiger partial charge in [-0.05, 0) is 55.8 Å². The second-order valence-corrected chi connectivity index (χ2v) is 8.68. The van der Waals surface area contributed by atoms with E-state index >= 15 is 0 Å². The van der Waals surface area contributed by atoms with Crippen LogP contribution in [0.1, 0.15) is 12.5 Å². The number of aromatic nitrogens is 2. The van der Waals surface area contributed by atoms with Crippen molar-refractivity contribution in [3.8, 4) is 11.4 Å². The minimum absolute atomic E-state index is 0.166. The van der Waals surface area contributed by atoms with Crippen LogP contribution >= 0.6 is 11.8 Å². The van der Waals surface area contributed by atoms with Crippen LogP contribution in [0.2, 0.25) is 0 Å². The molecule has 0 aliphatic rings. The van der Waals surface area contributed by atoms with E-state index in [1.807, 2.05) is 61.5 Å². The zero-order valence-electron chi connectivity index (χ0n) is 18.0. The van der Waals surface area contributed by atoms with E-state index in [2.05, 4.69) is 5.32 Å². The first-order valence-corrected chi connectivity index (χ1v) is 11.0. The predicted molar refractivity (Wildman–Crippen MR) is 129 cm³/mol. The Morgan fingerprint density at radius 2 is 1.84 bits per heavy atom. The molecule has 0 spiro atoms. The first-order valence-electron chi connectivity index (χ1n) is 10.2. The Morgan fingerprint density at radius 1 is 1.06 bits per heavy atom. The Hall–Kier alpha value is -3.58. The molecule has 1 aromatic heterocycles. The molecule has 1 N–H and O–H groups in total. The van der Waals surface area contributed by atoms with E-state index in [-0.39, 0.29) is 11.5 Å². The normalized spacial score (nSPS) is 11.8. The Labute approximate surface area is 190 Å². The van der Waals surface area contributed by atoms with Crippen LogP contribution < -0.4 is 15.6 Å². The van der Waals surface area contributed by atoms with Crippen LogP contribution in [0.4, 0.5) is 5.69 Å². The van der Waals surface area contributed by atoms with Crippen molar-refractivity contribution in [1.82, 2.24) is 9.55 Å². The number of anilines is 1. The summed E-state index contributed by atoms with van der Waals surface area (Å²) in [5, 5.41) is 3.40. The Bertz CT molecular complexity index is 1350. The lowest BCUT2D eigenvalue weighted by atomic mass is 10.2. The van der Waals surface area contributed by atoms with E-state index in [9.17, 15) is 9.59 Å². The van der Waals surface area contributed by atoms with Gasteiger partial charge in [-0.15, -0.1) is 0 Å². The summed E-state index contributed by atoms with van der Waals surface area (Å²) >= 11 is 1.24. The molecule has 6 nitrogen and oxygen atoms in total. The highest BCUT2D eigenvalue weighted by Gasteiger charge is 2.20. The molecule has 7 heteroatoms. The SMILES string of the molecule is COc1cccc(-n2c(SC(C)C(=O)Nc3cccc(C)c3)nc3ccccc3c2=O)c1. The number of nitrogens with one attached hydrogen (secondary N) is 1. The van der Waals surface area contributed by atoms with E-state index in [0.29, 0.717) is 27.5 Å². The van der Waals surface area contributed by atoms with Crippen molar-refractivity contribution in [1.29, 1.82) is 0 Å². The van der Waals surface area contributed by atoms with Crippen LogP contribution in [0.3, 0.4) is 0 Å². The summed E-state index contributed by atoms with van der Waals surface area (Å²) in [6.07, 6.45) is 0. The van der Waals surface area contributed by atoms with Gasteiger partial charge >= 0.3 is 0 Å². The van der Waals surface area contributed by atoms with Gasteiger partial charge in [0, 0.05) is 11.8 Å². The Balaban J connectivity index is 1.73.